The number of para-hydroxylation sites is 1. The molecule has 2 aromatic rings. The van der Waals surface area contributed by atoms with Crippen LogP contribution in [0.4, 0.5) is 0 Å². The van der Waals surface area contributed by atoms with Gasteiger partial charge in [-0.15, -0.1) is 0 Å². The molecule has 1 saturated carbocycles. The van der Waals surface area contributed by atoms with E-state index in [0.717, 1.165) is 28.1 Å². The molecule has 1 fully saturated rings. The molecule has 3 rings (SSSR count). The molecule has 0 aliphatic heterocycles. The summed E-state index contributed by atoms with van der Waals surface area (Å²) in [6, 6.07) is 10.9. The lowest BCUT2D eigenvalue weighted by Gasteiger charge is -2.30. The summed E-state index contributed by atoms with van der Waals surface area (Å²) < 4.78 is 1.13. The molecule has 1 aromatic heterocycles. The monoisotopic (exact) mass is 332 g/mol. The molecule has 1 aliphatic carbocycles. The fourth-order valence-corrected chi connectivity index (χ4v) is 3.56. The Kier molecular flexibility index (Phi) is 4.37. The van der Waals surface area contributed by atoms with Crippen LogP contribution in [-0.4, -0.2) is 11.5 Å². The second kappa shape index (κ2) is 6.23. The highest BCUT2D eigenvalue weighted by atomic mass is 79.9. The number of hydrogen-bond donors (Lipinski definition) is 1. The van der Waals surface area contributed by atoms with Crippen molar-refractivity contribution < 1.29 is 0 Å². The Labute approximate surface area is 129 Å². The summed E-state index contributed by atoms with van der Waals surface area (Å²) in [6.45, 7) is 3.15. The number of halogens is 1. The number of fused-ring (bicyclic) bond motifs is 1. The van der Waals surface area contributed by atoms with E-state index in [2.05, 4.69) is 58.5 Å². The molecule has 2 nitrogen and oxygen atoms in total. The number of rotatable bonds is 5. The smallest absolute Gasteiger partial charge is 0.0722 e. The van der Waals surface area contributed by atoms with Crippen molar-refractivity contribution in [1.82, 2.24) is 10.3 Å². The van der Waals surface area contributed by atoms with Gasteiger partial charge >= 0.3 is 0 Å². The molecule has 0 amide bonds. The SMILES string of the molecule is CCNC(CC1CCC1)c1nc2ccccc2cc1Br. The second-order valence-corrected chi connectivity index (χ2v) is 6.55. The predicted octanol–water partition coefficient (Wildman–Crippen LogP) is 4.84. The van der Waals surface area contributed by atoms with E-state index < -0.39 is 0 Å². The zero-order chi connectivity index (χ0) is 13.9. The lowest BCUT2D eigenvalue weighted by Crippen LogP contribution is -2.27. The number of aromatic nitrogens is 1. The van der Waals surface area contributed by atoms with Gasteiger partial charge in [-0.05, 0) is 46.9 Å². The van der Waals surface area contributed by atoms with Gasteiger partial charge in [0, 0.05) is 9.86 Å². The molecule has 3 heteroatoms. The molecule has 0 spiro atoms. The fourth-order valence-electron chi connectivity index (χ4n) is 2.95. The van der Waals surface area contributed by atoms with Crippen LogP contribution in [0.5, 0.6) is 0 Å². The minimum atomic E-state index is 0.365. The summed E-state index contributed by atoms with van der Waals surface area (Å²) in [5.41, 5.74) is 2.25. The highest BCUT2D eigenvalue weighted by Gasteiger charge is 2.24. The standard InChI is InChI=1S/C17H21BrN2/c1-2-19-16(10-12-6-5-7-12)17-14(18)11-13-8-3-4-9-15(13)20-17/h3-4,8-9,11-12,16,19H,2,5-7,10H2,1H3. The maximum atomic E-state index is 4.90. The van der Waals surface area contributed by atoms with Crippen LogP contribution < -0.4 is 5.32 Å². The molecule has 0 radical (unpaired) electrons. The quantitative estimate of drug-likeness (QED) is 0.847. The zero-order valence-corrected chi connectivity index (χ0v) is 13.5. The van der Waals surface area contributed by atoms with Crippen LogP contribution in [0.2, 0.25) is 0 Å². The van der Waals surface area contributed by atoms with Gasteiger partial charge in [0.1, 0.15) is 0 Å². The van der Waals surface area contributed by atoms with E-state index in [1.54, 1.807) is 0 Å². The predicted molar refractivity (Wildman–Crippen MR) is 87.8 cm³/mol. The number of nitrogens with one attached hydrogen (secondary N) is 1. The lowest BCUT2D eigenvalue weighted by atomic mass is 9.80. The van der Waals surface area contributed by atoms with Crippen LogP contribution in [0, 0.1) is 5.92 Å². The molecule has 20 heavy (non-hydrogen) atoms. The van der Waals surface area contributed by atoms with Gasteiger partial charge in [0.2, 0.25) is 0 Å². The summed E-state index contributed by atoms with van der Waals surface area (Å²) in [6.07, 6.45) is 5.37. The Balaban J connectivity index is 1.93. The topological polar surface area (TPSA) is 24.9 Å². The minimum Gasteiger partial charge on any atom is -0.309 e. The molecular formula is C17H21BrN2. The maximum absolute atomic E-state index is 4.90. The largest absolute Gasteiger partial charge is 0.309 e. The summed E-state index contributed by atoms with van der Waals surface area (Å²) in [4.78, 5) is 4.90. The first-order chi connectivity index (χ1) is 9.78. The van der Waals surface area contributed by atoms with Crippen molar-refractivity contribution in [2.45, 2.75) is 38.6 Å². The zero-order valence-electron chi connectivity index (χ0n) is 11.9. The summed E-state index contributed by atoms with van der Waals surface area (Å²) in [5.74, 6) is 0.874. The Bertz CT molecular complexity index is 593. The summed E-state index contributed by atoms with van der Waals surface area (Å²) in [5, 5.41) is 4.81. The van der Waals surface area contributed by atoms with Gasteiger partial charge in [0.25, 0.3) is 0 Å². The van der Waals surface area contributed by atoms with Gasteiger partial charge < -0.3 is 5.32 Å². The van der Waals surface area contributed by atoms with E-state index in [0.29, 0.717) is 6.04 Å². The molecule has 1 aromatic carbocycles. The number of pyridine rings is 1. The lowest BCUT2D eigenvalue weighted by molar-refractivity contribution is 0.260. The first kappa shape index (κ1) is 14.0. The first-order valence-corrected chi connectivity index (χ1v) is 8.35. The Hall–Kier alpha value is -0.930. The van der Waals surface area contributed by atoms with Gasteiger partial charge in [0.05, 0.1) is 17.3 Å². The highest BCUT2D eigenvalue weighted by Crippen LogP contribution is 2.36. The van der Waals surface area contributed by atoms with E-state index in [1.165, 1.54) is 31.1 Å². The molecule has 106 valence electrons. The van der Waals surface area contributed by atoms with Crippen molar-refractivity contribution in [1.29, 1.82) is 0 Å². The van der Waals surface area contributed by atoms with Gasteiger partial charge in [-0.2, -0.15) is 0 Å². The van der Waals surface area contributed by atoms with E-state index in [1.807, 2.05) is 0 Å². The van der Waals surface area contributed by atoms with Crippen molar-refractivity contribution in [2.24, 2.45) is 5.92 Å². The van der Waals surface area contributed by atoms with Gasteiger partial charge in [-0.3, -0.25) is 0 Å². The summed E-state index contributed by atoms with van der Waals surface area (Å²) in [7, 11) is 0. The van der Waals surface area contributed by atoms with Crippen LogP contribution >= 0.6 is 15.9 Å². The van der Waals surface area contributed by atoms with E-state index in [9.17, 15) is 0 Å². The molecule has 1 aliphatic rings. The molecule has 1 heterocycles. The van der Waals surface area contributed by atoms with E-state index in [4.69, 9.17) is 4.98 Å². The van der Waals surface area contributed by atoms with E-state index in [-0.39, 0.29) is 0 Å². The van der Waals surface area contributed by atoms with Crippen LogP contribution in [0.15, 0.2) is 34.8 Å². The molecular weight excluding hydrogens is 312 g/mol. The van der Waals surface area contributed by atoms with Gasteiger partial charge in [-0.1, -0.05) is 44.4 Å². The van der Waals surface area contributed by atoms with Crippen LogP contribution in [0.1, 0.15) is 44.3 Å². The highest BCUT2D eigenvalue weighted by molar-refractivity contribution is 9.10. The molecule has 1 N–H and O–H groups in total. The first-order valence-electron chi connectivity index (χ1n) is 7.56. The number of nitrogens with zero attached hydrogens (tertiary/aromatic N) is 1. The Morgan fingerprint density at radius 2 is 2.15 bits per heavy atom. The molecule has 1 unspecified atom stereocenters. The second-order valence-electron chi connectivity index (χ2n) is 5.69. The minimum absolute atomic E-state index is 0.365. The Morgan fingerprint density at radius 1 is 1.35 bits per heavy atom. The van der Waals surface area contributed by atoms with Crippen molar-refractivity contribution >= 4 is 26.8 Å². The third kappa shape index (κ3) is 2.89. The average Bonchev–Trinajstić information content (AvgIpc) is 2.41. The van der Waals surface area contributed by atoms with Crippen molar-refractivity contribution in [2.75, 3.05) is 6.54 Å². The number of benzene rings is 1. The Morgan fingerprint density at radius 3 is 2.85 bits per heavy atom. The summed E-state index contributed by atoms with van der Waals surface area (Å²) >= 11 is 3.72. The van der Waals surface area contributed by atoms with Crippen LogP contribution in [-0.2, 0) is 0 Å². The van der Waals surface area contributed by atoms with E-state index >= 15 is 0 Å². The third-order valence-corrected chi connectivity index (χ3v) is 4.91. The third-order valence-electron chi connectivity index (χ3n) is 4.28. The van der Waals surface area contributed by atoms with Gasteiger partial charge in [-0.25, -0.2) is 4.98 Å². The van der Waals surface area contributed by atoms with Crippen LogP contribution in [0.3, 0.4) is 0 Å². The maximum Gasteiger partial charge on any atom is 0.0722 e. The normalized spacial score (nSPS) is 17.1. The average molecular weight is 333 g/mol. The molecule has 1 atom stereocenters. The fraction of sp³-hybridized carbons (Fsp3) is 0.471. The van der Waals surface area contributed by atoms with Crippen LogP contribution in [0.25, 0.3) is 10.9 Å². The van der Waals surface area contributed by atoms with Crippen molar-refractivity contribution in [3.05, 3.63) is 40.5 Å². The van der Waals surface area contributed by atoms with Crippen molar-refractivity contribution in [3.63, 3.8) is 0 Å². The van der Waals surface area contributed by atoms with Gasteiger partial charge in [0.15, 0.2) is 0 Å². The molecule has 0 bridgehead atoms. The van der Waals surface area contributed by atoms with Crippen molar-refractivity contribution in [3.8, 4) is 0 Å². The molecule has 0 saturated heterocycles. The number of hydrogen-bond acceptors (Lipinski definition) is 2.